The molecule has 3 heterocycles. The summed E-state index contributed by atoms with van der Waals surface area (Å²) in [5.41, 5.74) is 2.12. The van der Waals surface area contributed by atoms with E-state index >= 15 is 0 Å². The molecule has 3 aromatic heterocycles. The van der Waals surface area contributed by atoms with Gasteiger partial charge in [-0.1, -0.05) is 12.1 Å². The monoisotopic (exact) mass is 384 g/mol. The second-order valence-corrected chi connectivity index (χ2v) is 7.04. The SMILES string of the molecule is Cc1cc(C(=O)NCCc2csc3nc(-c4cccc(F)c4)nn23)c(C)o1. The number of nitrogens with zero attached hydrogens (tertiary/aromatic N) is 3. The van der Waals surface area contributed by atoms with Crippen molar-refractivity contribution in [2.24, 2.45) is 0 Å². The molecule has 0 radical (unpaired) electrons. The highest BCUT2D eigenvalue weighted by atomic mass is 32.1. The normalized spacial score (nSPS) is 11.2. The first-order chi connectivity index (χ1) is 13.0. The van der Waals surface area contributed by atoms with Gasteiger partial charge in [0.1, 0.15) is 17.3 Å². The maximum atomic E-state index is 13.4. The quantitative estimate of drug-likeness (QED) is 0.568. The molecule has 138 valence electrons. The first kappa shape index (κ1) is 17.4. The highest BCUT2D eigenvalue weighted by Crippen LogP contribution is 2.21. The van der Waals surface area contributed by atoms with Gasteiger partial charge in [-0.15, -0.1) is 16.4 Å². The zero-order valence-corrected chi connectivity index (χ0v) is 15.6. The number of aromatic nitrogens is 3. The second kappa shape index (κ2) is 6.96. The lowest BCUT2D eigenvalue weighted by atomic mass is 10.2. The van der Waals surface area contributed by atoms with Gasteiger partial charge < -0.3 is 9.73 Å². The van der Waals surface area contributed by atoms with Crippen molar-refractivity contribution in [2.75, 3.05) is 6.54 Å². The number of amides is 1. The molecule has 0 aliphatic carbocycles. The minimum absolute atomic E-state index is 0.158. The summed E-state index contributed by atoms with van der Waals surface area (Å²) in [6.45, 7) is 4.05. The van der Waals surface area contributed by atoms with Gasteiger partial charge in [-0.3, -0.25) is 4.79 Å². The van der Waals surface area contributed by atoms with Gasteiger partial charge >= 0.3 is 0 Å². The molecule has 4 aromatic rings. The largest absolute Gasteiger partial charge is 0.466 e. The molecule has 8 heteroatoms. The number of benzene rings is 1. The Morgan fingerprint density at radius 3 is 2.93 bits per heavy atom. The number of aryl methyl sites for hydroxylation is 2. The molecule has 0 spiro atoms. The van der Waals surface area contributed by atoms with Crippen LogP contribution in [-0.2, 0) is 6.42 Å². The van der Waals surface area contributed by atoms with E-state index < -0.39 is 0 Å². The summed E-state index contributed by atoms with van der Waals surface area (Å²) >= 11 is 1.46. The van der Waals surface area contributed by atoms with Crippen LogP contribution < -0.4 is 5.32 Å². The molecule has 0 saturated heterocycles. The van der Waals surface area contributed by atoms with Crippen molar-refractivity contribution in [3.05, 3.63) is 64.3 Å². The van der Waals surface area contributed by atoms with Crippen molar-refractivity contribution in [3.63, 3.8) is 0 Å². The number of halogens is 1. The first-order valence-electron chi connectivity index (χ1n) is 8.45. The van der Waals surface area contributed by atoms with Crippen molar-refractivity contribution in [3.8, 4) is 11.4 Å². The molecule has 0 unspecified atom stereocenters. The lowest BCUT2D eigenvalue weighted by Gasteiger charge is -2.03. The molecule has 0 bridgehead atoms. The smallest absolute Gasteiger partial charge is 0.254 e. The van der Waals surface area contributed by atoms with Crippen LogP contribution in [0.15, 0.2) is 40.1 Å². The van der Waals surface area contributed by atoms with E-state index in [4.69, 9.17) is 4.42 Å². The number of nitrogens with one attached hydrogen (secondary N) is 1. The zero-order valence-electron chi connectivity index (χ0n) is 14.8. The van der Waals surface area contributed by atoms with Crippen molar-refractivity contribution < 1.29 is 13.6 Å². The molecule has 6 nitrogen and oxygen atoms in total. The lowest BCUT2D eigenvalue weighted by Crippen LogP contribution is -2.26. The van der Waals surface area contributed by atoms with Crippen LogP contribution in [0.1, 0.15) is 27.6 Å². The van der Waals surface area contributed by atoms with Crippen molar-refractivity contribution in [2.45, 2.75) is 20.3 Å². The standard InChI is InChI=1S/C19H17FN4O2S/c1-11-8-16(12(2)26-11)18(25)21-7-6-15-10-27-19-22-17(23-24(15)19)13-4-3-5-14(20)9-13/h3-5,8-10H,6-7H2,1-2H3,(H,21,25). The summed E-state index contributed by atoms with van der Waals surface area (Å²) in [6, 6.07) is 7.94. The topological polar surface area (TPSA) is 72.4 Å². The van der Waals surface area contributed by atoms with Gasteiger partial charge in [-0.2, -0.15) is 4.98 Å². The number of carbonyl (C=O) groups excluding carboxylic acids is 1. The number of rotatable bonds is 5. The third-order valence-electron chi connectivity index (χ3n) is 4.18. The van der Waals surface area contributed by atoms with E-state index in [0.717, 1.165) is 10.7 Å². The summed E-state index contributed by atoms with van der Waals surface area (Å²) in [5.74, 6) is 1.33. The molecule has 0 atom stereocenters. The molecule has 1 N–H and O–H groups in total. The number of hydrogen-bond acceptors (Lipinski definition) is 5. The predicted molar refractivity (Wildman–Crippen MR) is 100 cm³/mol. The van der Waals surface area contributed by atoms with E-state index in [1.165, 1.54) is 23.5 Å². The molecular weight excluding hydrogens is 367 g/mol. The van der Waals surface area contributed by atoms with Crippen molar-refractivity contribution in [1.29, 1.82) is 0 Å². The minimum Gasteiger partial charge on any atom is -0.466 e. The van der Waals surface area contributed by atoms with Gasteiger partial charge in [-0.05, 0) is 32.0 Å². The number of furan rings is 1. The van der Waals surface area contributed by atoms with Crippen LogP contribution in [0.2, 0.25) is 0 Å². The Bertz CT molecular complexity index is 1130. The van der Waals surface area contributed by atoms with Gasteiger partial charge in [0, 0.05) is 23.9 Å². The molecule has 27 heavy (non-hydrogen) atoms. The highest BCUT2D eigenvalue weighted by molar-refractivity contribution is 7.15. The van der Waals surface area contributed by atoms with Gasteiger partial charge in [0.25, 0.3) is 5.91 Å². The number of carbonyl (C=O) groups is 1. The molecule has 0 fully saturated rings. The lowest BCUT2D eigenvalue weighted by molar-refractivity contribution is 0.0952. The van der Waals surface area contributed by atoms with E-state index in [2.05, 4.69) is 15.4 Å². The molecular formula is C19H17FN4O2S. The van der Waals surface area contributed by atoms with Crippen molar-refractivity contribution >= 4 is 22.2 Å². The van der Waals surface area contributed by atoms with E-state index in [0.29, 0.717) is 41.4 Å². The highest BCUT2D eigenvalue weighted by Gasteiger charge is 2.15. The molecule has 4 rings (SSSR count). The Kier molecular flexibility index (Phi) is 4.49. The fourth-order valence-corrected chi connectivity index (χ4v) is 3.76. The number of thiazole rings is 1. The van der Waals surface area contributed by atoms with Crippen molar-refractivity contribution in [1.82, 2.24) is 19.9 Å². The Morgan fingerprint density at radius 1 is 1.33 bits per heavy atom. The van der Waals surface area contributed by atoms with Gasteiger partial charge in [0.15, 0.2) is 5.82 Å². The number of fused-ring (bicyclic) bond motifs is 1. The van der Waals surface area contributed by atoms with E-state index in [9.17, 15) is 9.18 Å². The molecule has 0 saturated carbocycles. The predicted octanol–water partition coefficient (Wildman–Crippen LogP) is 3.78. The van der Waals surface area contributed by atoms with Crippen LogP contribution in [0.5, 0.6) is 0 Å². The summed E-state index contributed by atoms with van der Waals surface area (Å²) in [6.07, 6.45) is 0.605. The molecule has 1 aromatic carbocycles. The van der Waals surface area contributed by atoms with Gasteiger partial charge in [0.2, 0.25) is 4.96 Å². The first-order valence-corrected chi connectivity index (χ1v) is 9.33. The maximum absolute atomic E-state index is 13.4. The average Bonchev–Trinajstić information content (AvgIpc) is 3.30. The Balaban J connectivity index is 1.46. The van der Waals surface area contributed by atoms with E-state index in [1.54, 1.807) is 29.6 Å². The average molecular weight is 384 g/mol. The number of hydrogen-bond donors (Lipinski definition) is 1. The van der Waals surface area contributed by atoms with Gasteiger partial charge in [-0.25, -0.2) is 8.91 Å². The molecule has 0 aliphatic heterocycles. The minimum atomic E-state index is -0.321. The fourth-order valence-electron chi connectivity index (χ4n) is 2.90. The molecule has 0 aliphatic rings. The van der Waals surface area contributed by atoms with Crippen LogP contribution >= 0.6 is 11.3 Å². The molecule has 1 amide bonds. The van der Waals surface area contributed by atoms with Gasteiger partial charge in [0.05, 0.1) is 11.3 Å². The van der Waals surface area contributed by atoms with Crippen LogP contribution in [-0.4, -0.2) is 27.0 Å². The summed E-state index contributed by atoms with van der Waals surface area (Å²) in [4.78, 5) is 17.4. The summed E-state index contributed by atoms with van der Waals surface area (Å²) in [7, 11) is 0. The van der Waals surface area contributed by atoms with Crippen LogP contribution in [0.25, 0.3) is 16.3 Å². The van der Waals surface area contributed by atoms with E-state index in [-0.39, 0.29) is 11.7 Å². The Labute approximate surface area is 158 Å². The second-order valence-electron chi connectivity index (χ2n) is 6.20. The van der Waals surface area contributed by atoms with E-state index in [1.807, 2.05) is 12.3 Å². The third-order valence-corrected chi connectivity index (χ3v) is 5.05. The Morgan fingerprint density at radius 2 is 2.19 bits per heavy atom. The summed E-state index contributed by atoms with van der Waals surface area (Å²) in [5, 5.41) is 9.34. The van der Waals surface area contributed by atoms with Crippen LogP contribution in [0, 0.1) is 19.7 Å². The fraction of sp³-hybridized carbons (Fsp3) is 0.211. The van der Waals surface area contributed by atoms with Crippen LogP contribution in [0.3, 0.4) is 0 Å². The Hall–Kier alpha value is -3.00. The zero-order chi connectivity index (χ0) is 19.0. The maximum Gasteiger partial charge on any atom is 0.254 e. The van der Waals surface area contributed by atoms with Crippen LogP contribution in [0.4, 0.5) is 4.39 Å². The summed E-state index contributed by atoms with van der Waals surface area (Å²) < 4.78 is 20.5. The third kappa shape index (κ3) is 3.48.